The fourth-order valence-corrected chi connectivity index (χ4v) is 3.20. The molecule has 1 aliphatic heterocycles. The molecule has 1 saturated heterocycles. The van der Waals surface area contributed by atoms with E-state index in [1.807, 2.05) is 4.90 Å². The Bertz CT molecular complexity index is 605. The van der Waals surface area contributed by atoms with Crippen LogP contribution >= 0.6 is 0 Å². The Hall–Kier alpha value is -2.08. The molecule has 0 bridgehead atoms. The Morgan fingerprint density at radius 3 is 2.32 bits per heavy atom. The SMILES string of the molecule is COC(=O)N1CCN(CC(=O)N(Cc2ccc(C)cc2)C2CC2)CC1. The quantitative estimate of drug-likeness (QED) is 0.818. The van der Waals surface area contributed by atoms with Gasteiger partial charge in [-0.3, -0.25) is 9.69 Å². The number of nitrogens with zero attached hydrogens (tertiary/aromatic N) is 3. The lowest BCUT2D eigenvalue weighted by Gasteiger charge is -2.34. The van der Waals surface area contributed by atoms with Gasteiger partial charge in [-0.1, -0.05) is 29.8 Å². The van der Waals surface area contributed by atoms with Gasteiger partial charge in [0.1, 0.15) is 0 Å². The van der Waals surface area contributed by atoms with Crippen LogP contribution in [0.15, 0.2) is 24.3 Å². The van der Waals surface area contributed by atoms with Crippen LogP contribution in [0.4, 0.5) is 4.79 Å². The summed E-state index contributed by atoms with van der Waals surface area (Å²) in [5.41, 5.74) is 2.41. The van der Waals surface area contributed by atoms with E-state index in [9.17, 15) is 9.59 Å². The Balaban J connectivity index is 1.53. The first-order valence-electron chi connectivity index (χ1n) is 8.97. The number of ether oxygens (including phenoxy) is 1. The highest BCUT2D eigenvalue weighted by Gasteiger charge is 2.33. The molecule has 0 N–H and O–H groups in total. The Morgan fingerprint density at radius 2 is 1.76 bits per heavy atom. The molecule has 1 aromatic carbocycles. The molecule has 0 unspecified atom stereocenters. The first kappa shape index (κ1) is 17.7. The van der Waals surface area contributed by atoms with E-state index >= 15 is 0 Å². The summed E-state index contributed by atoms with van der Waals surface area (Å²) >= 11 is 0. The van der Waals surface area contributed by atoms with Crippen LogP contribution in [-0.4, -0.2) is 72.6 Å². The summed E-state index contributed by atoms with van der Waals surface area (Å²) in [6.45, 7) is 5.83. The third-order valence-corrected chi connectivity index (χ3v) is 4.95. The maximum Gasteiger partial charge on any atom is 0.409 e. The minimum absolute atomic E-state index is 0.189. The molecule has 0 radical (unpaired) electrons. The van der Waals surface area contributed by atoms with Crippen LogP contribution in [0.1, 0.15) is 24.0 Å². The number of hydrogen-bond donors (Lipinski definition) is 0. The van der Waals surface area contributed by atoms with Gasteiger partial charge in [-0.2, -0.15) is 0 Å². The fraction of sp³-hybridized carbons (Fsp3) is 0.579. The van der Waals surface area contributed by atoms with Gasteiger partial charge in [0.25, 0.3) is 0 Å². The van der Waals surface area contributed by atoms with Crippen molar-refractivity contribution in [3.05, 3.63) is 35.4 Å². The number of carbonyl (C=O) groups excluding carboxylic acids is 2. The van der Waals surface area contributed by atoms with Gasteiger partial charge in [0.2, 0.25) is 5.91 Å². The van der Waals surface area contributed by atoms with Crippen molar-refractivity contribution in [3.8, 4) is 0 Å². The molecule has 1 saturated carbocycles. The average molecular weight is 345 g/mol. The van der Waals surface area contributed by atoms with Crippen molar-refractivity contribution in [2.45, 2.75) is 32.4 Å². The van der Waals surface area contributed by atoms with Crippen molar-refractivity contribution in [2.24, 2.45) is 0 Å². The van der Waals surface area contributed by atoms with Gasteiger partial charge in [0.15, 0.2) is 0 Å². The van der Waals surface area contributed by atoms with E-state index in [1.165, 1.54) is 18.2 Å². The molecule has 6 heteroatoms. The minimum Gasteiger partial charge on any atom is -0.453 e. The largest absolute Gasteiger partial charge is 0.453 e. The lowest BCUT2D eigenvalue weighted by molar-refractivity contribution is -0.134. The highest BCUT2D eigenvalue weighted by atomic mass is 16.5. The maximum atomic E-state index is 12.8. The zero-order valence-electron chi connectivity index (χ0n) is 15.1. The number of methoxy groups -OCH3 is 1. The van der Waals surface area contributed by atoms with Crippen LogP contribution in [0, 0.1) is 6.92 Å². The topological polar surface area (TPSA) is 53.1 Å². The van der Waals surface area contributed by atoms with Crippen LogP contribution in [0.25, 0.3) is 0 Å². The second kappa shape index (κ2) is 7.87. The molecule has 6 nitrogen and oxygen atoms in total. The number of aryl methyl sites for hydroxylation is 1. The number of carbonyl (C=O) groups is 2. The molecule has 25 heavy (non-hydrogen) atoms. The summed E-state index contributed by atoms with van der Waals surface area (Å²) in [4.78, 5) is 30.2. The van der Waals surface area contributed by atoms with E-state index in [4.69, 9.17) is 4.74 Å². The molecule has 3 rings (SSSR count). The first-order chi connectivity index (χ1) is 12.1. The summed E-state index contributed by atoms with van der Waals surface area (Å²) in [7, 11) is 1.40. The van der Waals surface area contributed by atoms with Crippen molar-refractivity contribution in [1.82, 2.24) is 14.7 Å². The summed E-state index contributed by atoms with van der Waals surface area (Å²) in [6.07, 6.45) is 1.92. The van der Waals surface area contributed by atoms with Crippen molar-refractivity contribution < 1.29 is 14.3 Å². The standard InChI is InChI=1S/C19H27N3O3/c1-15-3-5-16(6-4-15)13-22(17-7-8-17)18(23)14-20-9-11-21(12-10-20)19(24)25-2/h3-6,17H,7-14H2,1-2H3. The van der Waals surface area contributed by atoms with E-state index in [2.05, 4.69) is 36.1 Å². The van der Waals surface area contributed by atoms with E-state index in [0.717, 1.165) is 12.8 Å². The predicted molar refractivity (Wildman–Crippen MR) is 95.2 cm³/mol. The van der Waals surface area contributed by atoms with Gasteiger partial charge in [-0.25, -0.2) is 4.79 Å². The zero-order valence-corrected chi connectivity index (χ0v) is 15.1. The average Bonchev–Trinajstić information content (AvgIpc) is 3.46. The zero-order chi connectivity index (χ0) is 17.8. The second-order valence-corrected chi connectivity index (χ2v) is 6.97. The fourth-order valence-electron chi connectivity index (χ4n) is 3.20. The van der Waals surface area contributed by atoms with E-state index < -0.39 is 0 Å². The number of piperazine rings is 1. The van der Waals surface area contributed by atoms with E-state index in [-0.39, 0.29) is 12.0 Å². The lowest BCUT2D eigenvalue weighted by atomic mass is 10.1. The third-order valence-electron chi connectivity index (χ3n) is 4.95. The van der Waals surface area contributed by atoms with Crippen molar-refractivity contribution in [2.75, 3.05) is 39.8 Å². The van der Waals surface area contributed by atoms with Crippen LogP contribution in [-0.2, 0) is 16.1 Å². The normalized spacial score (nSPS) is 18.1. The molecule has 0 atom stereocenters. The Kier molecular flexibility index (Phi) is 5.58. The maximum absolute atomic E-state index is 12.8. The summed E-state index contributed by atoms with van der Waals surface area (Å²) < 4.78 is 4.75. The third kappa shape index (κ3) is 4.72. The number of benzene rings is 1. The van der Waals surface area contributed by atoms with Crippen LogP contribution in [0.5, 0.6) is 0 Å². The molecule has 1 aromatic rings. The molecular weight excluding hydrogens is 318 g/mol. The molecular formula is C19H27N3O3. The number of amides is 2. The Morgan fingerprint density at radius 1 is 1.12 bits per heavy atom. The molecule has 2 amide bonds. The molecule has 2 fully saturated rings. The molecule has 0 aromatic heterocycles. The second-order valence-electron chi connectivity index (χ2n) is 6.97. The van der Waals surface area contributed by atoms with Gasteiger partial charge in [-0.15, -0.1) is 0 Å². The van der Waals surface area contributed by atoms with Gasteiger partial charge in [0.05, 0.1) is 13.7 Å². The van der Waals surface area contributed by atoms with E-state index in [0.29, 0.717) is 45.3 Å². The number of rotatable bonds is 5. The molecule has 0 spiro atoms. The summed E-state index contributed by atoms with van der Waals surface area (Å²) in [5, 5.41) is 0. The van der Waals surface area contributed by atoms with Gasteiger partial charge >= 0.3 is 6.09 Å². The first-order valence-corrected chi connectivity index (χ1v) is 8.97. The van der Waals surface area contributed by atoms with Gasteiger partial charge in [-0.05, 0) is 25.3 Å². The van der Waals surface area contributed by atoms with Gasteiger partial charge < -0.3 is 14.5 Å². The predicted octanol–water partition coefficient (Wildman–Crippen LogP) is 1.87. The van der Waals surface area contributed by atoms with Crippen LogP contribution in [0.3, 0.4) is 0 Å². The minimum atomic E-state index is -0.287. The van der Waals surface area contributed by atoms with Crippen LogP contribution < -0.4 is 0 Å². The molecule has 136 valence electrons. The van der Waals surface area contributed by atoms with Crippen molar-refractivity contribution in [1.29, 1.82) is 0 Å². The smallest absolute Gasteiger partial charge is 0.409 e. The highest BCUT2D eigenvalue weighted by Crippen LogP contribution is 2.28. The van der Waals surface area contributed by atoms with Crippen LogP contribution in [0.2, 0.25) is 0 Å². The summed E-state index contributed by atoms with van der Waals surface area (Å²) in [5.74, 6) is 0.189. The molecule has 1 aliphatic carbocycles. The molecule has 1 heterocycles. The van der Waals surface area contributed by atoms with Gasteiger partial charge in [0, 0.05) is 38.8 Å². The number of hydrogen-bond acceptors (Lipinski definition) is 4. The molecule has 2 aliphatic rings. The van der Waals surface area contributed by atoms with E-state index in [1.54, 1.807) is 4.90 Å². The lowest BCUT2D eigenvalue weighted by Crippen LogP contribution is -2.51. The Labute approximate surface area is 149 Å². The summed E-state index contributed by atoms with van der Waals surface area (Å²) in [6, 6.07) is 8.79. The van der Waals surface area contributed by atoms with Crippen molar-refractivity contribution in [3.63, 3.8) is 0 Å². The van der Waals surface area contributed by atoms with Crippen molar-refractivity contribution >= 4 is 12.0 Å². The highest BCUT2D eigenvalue weighted by molar-refractivity contribution is 5.79. The monoisotopic (exact) mass is 345 g/mol.